The van der Waals surface area contributed by atoms with E-state index >= 15 is 0 Å². The van der Waals surface area contributed by atoms with Gasteiger partial charge in [-0.2, -0.15) is 9.40 Å². The van der Waals surface area contributed by atoms with E-state index in [0.29, 0.717) is 13.1 Å². The summed E-state index contributed by atoms with van der Waals surface area (Å²) in [4.78, 5) is 0. The quantitative estimate of drug-likeness (QED) is 0.726. The third-order valence-electron chi connectivity index (χ3n) is 2.84. The van der Waals surface area contributed by atoms with Crippen molar-refractivity contribution < 1.29 is 8.42 Å². The van der Waals surface area contributed by atoms with Gasteiger partial charge in [-0.3, -0.25) is 4.68 Å². The summed E-state index contributed by atoms with van der Waals surface area (Å²) >= 11 is 1.61. The van der Waals surface area contributed by atoms with Crippen LogP contribution < -0.4 is 0 Å². The summed E-state index contributed by atoms with van der Waals surface area (Å²) in [5, 5.41) is 5.40. The molecule has 0 aliphatic carbocycles. The van der Waals surface area contributed by atoms with E-state index in [1.54, 1.807) is 16.4 Å². The molecule has 2 heterocycles. The first-order valence-electron chi connectivity index (χ1n) is 4.97. The summed E-state index contributed by atoms with van der Waals surface area (Å²) in [5.74, 6) is 0. The van der Waals surface area contributed by atoms with Crippen molar-refractivity contribution >= 4 is 21.8 Å². The summed E-state index contributed by atoms with van der Waals surface area (Å²) < 4.78 is 26.2. The summed E-state index contributed by atoms with van der Waals surface area (Å²) in [5.41, 5.74) is 2.22. The first kappa shape index (κ1) is 11.9. The molecule has 1 aliphatic heterocycles. The lowest BCUT2D eigenvalue weighted by Crippen LogP contribution is -2.35. The van der Waals surface area contributed by atoms with Gasteiger partial charge in [0.25, 0.3) is 0 Å². The molecule has 0 N–H and O–H groups in total. The topological polar surface area (TPSA) is 55.2 Å². The molecule has 1 aromatic heterocycles. The molecule has 1 aromatic rings. The van der Waals surface area contributed by atoms with Crippen LogP contribution in [0.4, 0.5) is 0 Å². The molecule has 0 bridgehead atoms. The number of hydrogen-bond acceptors (Lipinski definition) is 4. The van der Waals surface area contributed by atoms with Crippen LogP contribution in [-0.2, 0) is 30.0 Å². The van der Waals surface area contributed by atoms with Crippen molar-refractivity contribution in [1.82, 2.24) is 14.1 Å². The number of aryl methyl sites for hydroxylation is 1. The molecule has 0 amide bonds. The molecule has 0 radical (unpaired) electrons. The Bertz CT molecular complexity index is 507. The number of sulfonamides is 1. The van der Waals surface area contributed by atoms with Crippen molar-refractivity contribution in [3.05, 3.63) is 11.3 Å². The largest absolute Gasteiger partial charge is 0.270 e. The number of rotatable bonds is 2. The fraction of sp³-hybridized carbons (Fsp3) is 0.667. The molecule has 0 saturated carbocycles. The van der Waals surface area contributed by atoms with Gasteiger partial charge in [0.15, 0.2) is 0 Å². The lowest BCUT2D eigenvalue weighted by atomic mass is 10.1. The number of thioether (sulfide) groups is 1. The highest BCUT2D eigenvalue weighted by atomic mass is 32.2. The molecule has 1 aliphatic rings. The smallest absolute Gasteiger partial charge is 0.211 e. The van der Waals surface area contributed by atoms with Gasteiger partial charge < -0.3 is 0 Å². The van der Waals surface area contributed by atoms with Gasteiger partial charge in [0.05, 0.1) is 18.5 Å². The van der Waals surface area contributed by atoms with Crippen LogP contribution in [0.1, 0.15) is 11.3 Å². The average Bonchev–Trinajstić information content (AvgIpc) is 2.54. The van der Waals surface area contributed by atoms with Crippen LogP contribution >= 0.6 is 11.8 Å². The third-order valence-corrected chi connectivity index (χ3v) is 4.80. The Labute approximate surface area is 99.9 Å². The molecule has 7 heteroatoms. The molecule has 0 fully saturated rings. The minimum Gasteiger partial charge on any atom is -0.270 e. The highest BCUT2D eigenvalue weighted by Gasteiger charge is 2.27. The predicted octanol–water partition coefficient (Wildman–Crippen LogP) is 0.460. The van der Waals surface area contributed by atoms with Gasteiger partial charge >= 0.3 is 0 Å². The van der Waals surface area contributed by atoms with Crippen molar-refractivity contribution in [2.75, 3.05) is 19.1 Å². The zero-order valence-electron chi connectivity index (χ0n) is 9.60. The second kappa shape index (κ2) is 4.05. The van der Waals surface area contributed by atoms with Crippen LogP contribution in [0.5, 0.6) is 0 Å². The number of hydrogen-bond donors (Lipinski definition) is 0. The van der Waals surface area contributed by atoms with Gasteiger partial charge in [0, 0.05) is 19.2 Å². The van der Waals surface area contributed by atoms with E-state index < -0.39 is 10.0 Å². The fourth-order valence-electron chi connectivity index (χ4n) is 1.95. The standard InChI is InChI=1S/C9H15N3O2S2/c1-11-8-6-12(16(3,13)14)5-4-7(8)9(10-11)15-2/h4-6H2,1-3H3. The van der Waals surface area contributed by atoms with E-state index in [4.69, 9.17) is 0 Å². The van der Waals surface area contributed by atoms with Crippen LogP contribution in [0.3, 0.4) is 0 Å². The zero-order valence-corrected chi connectivity index (χ0v) is 11.2. The molecule has 90 valence electrons. The molecule has 0 aromatic carbocycles. The molecule has 0 saturated heterocycles. The first-order valence-corrected chi connectivity index (χ1v) is 8.04. The second-order valence-electron chi connectivity index (χ2n) is 3.90. The minimum atomic E-state index is -3.10. The van der Waals surface area contributed by atoms with Gasteiger partial charge in [-0.1, -0.05) is 0 Å². The zero-order chi connectivity index (χ0) is 11.9. The number of fused-ring (bicyclic) bond motifs is 1. The number of aromatic nitrogens is 2. The van der Waals surface area contributed by atoms with Crippen molar-refractivity contribution in [3.63, 3.8) is 0 Å². The molecular formula is C9H15N3O2S2. The Morgan fingerprint density at radius 2 is 2.12 bits per heavy atom. The minimum absolute atomic E-state index is 0.443. The summed E-state index contributed by atoms with van der Waals surface area (Å²) in [6.45, 7) is 1.00. The molecular weight excluding hydrogens is 246 g/mol. The Balaban J connectivity index is 2.38. The van der Waals surface area contributed by atoms with E-state index in [1.165, 1.54) is 16.1 Å². The Morgan fingerprint density at radius 3 is 2.69 bits per heavy atom. The highest BCUT2D eigenvalue weighted by molar-refractivity contribution is 7.98. The maximum Gasteiger partial charge on any atom is 0.211 e. The second-order valence-corrected chi connectivity index (χ2v) is 6.68. The predicted molar refractivity (Wildman–Crippen MR) is 63.9 cm³/mol. The first-order chi connectivity index (χ1) is 7.43. The van der Waals surface area contributed by atoms with Gasteiger partial charge in [0.2, 0.25) is 10.0 Å². The summed E-state index contributed by atoms with van der Waals surface area (Å²) in [7, 11) is -1.23. The molecule has 0 unspecified atom stereocenters. The summed E-state index contributed by atoms with van der Waals surface area (Å²) in [6, 6.07) is 0. The van der Waals surface area contributed by atoms with Crippen LogP contribution in [0.2, 0.25) is 0 Å². The van der Waals surface area contributed by atoms with E-state index in [9.17, 15) is 8.42 Å². The lowest BCUT2D eigenvalue weighted by molar-refractivity contribution is 0.382. The molecule has 16 heavy (non-hydrogen) atoms. The highest BCUT2D eigenvalue weighted by Crippen LogP contribution is 2.28. The van der Waals surface area contributed by atoms with Crippen molar-refractivity contribution in [2.45, 2.75) is 18.0 Å². The Hall–Kier alpha value is -0.530. The lowest BCUT2D eigenvalue weighted by Gasteiger charge is -2.25. The van der Waals surface area contributed by atoms with Gasteiger partial charge in [-0.15, -0.1) is 11.8 Å². The maximum atomic E-state index is 11.5. The van der Waals surface area contributed by atoms with Crippen molar-refractivity contribution in [3.8, 4) is 0 Å². The Kier molecular flexibility index (Phi) is 3.02. The Morgan fingerprint density at radius 1 is 1.44 bits per heavy atom. The van der Waals surface area contributed by atoms with Gasteiger partial charge in [-0.25, -0.2) is 8.42 Å². The SMILES string of the molecule is CSc1nn(C)c2c1CCN(S(C)(=O)=O)C2. The van der Waals surface area contributed by atoms with E-state index in [2.05, 4.69) is 5.10 Å². The average molecular weight is 261 g/mol. The van der Waals surface area contributed by atoms with Crippen LogP contribution in [0, 0.1) is 0 Å². The molecule has 0 atom stereocenters. The van der Waals surface area contributed by atoms with E-state index in [0.717, 1.165) is 17.1 Å². The van der Waals surface area contributed by atoms with Gasteiger partial charge in [0.1, 0.15) is 5.03 Å². The van der Waals surface area contributed by atoms with Crippen molar-refractivity contribution in [1.29, 1.82) is 0 Å². The van der Waals surface area contributed by atoms with Crippen LogP contribution in [0.25, 0.3) is 0 Å². The monoisotopic (exact) mass is 261 g/mol. The maximum absolute atomic E-state index is 11.5. The van der Waals surface area contributed by atoms with Crippen molar-refractivity contribution in [2.24, 2.45) is 7.05 Å². The molecule has 2 rings (SSSR count). The number of nitrogens with zero attached hydrogens (tertiary/aromatic N) is 3. The fourth-order valence-corrected chi connectivity index (χ4v) is 3.40. The normalized spacial score (nSPS) is 17.4. The van der Waals surface area contributed by atoms with E-state index in [1.807, 2.05) is 13.3 Å². The van der Waals surface area contributed by atoms with Gasteiger partial charge in [-0.05, 0) is 12.7 Å². The van der Waals surface area contributed by atoms with E-state index in [-0.39, 0.29) is 0 Å². The molecule has 0 spiro atoms. The van der Waals surface area contributed by atoms with Crippen LogP contribution in [0.15, 0.2) is 5.03 Å². The summed E-state index contributed by atoms with van der Waals surface area (Å²) in [6.07, 6.45) is 4.00. The van der Waals surface area contributed by atoms with Crippen LogP contribution in [-0.4, -0.2) is 41.6 Å². The third kappa shape index (κ3) is 1.99. The molecule has 5 nitrogen and oxygen atoms in total.